The fraction of sp³-hybridized carbons (Fsp3) is 0.0833. The lowest BCUT2D eigenvalue weighted by molar-refractivity contribution is 0.0950. The number of ether oxygens (including phenoxy) is 1. The normalized spacial score (nSPS) is 9.69. The van der Waals surface area contributed by atoms with Gasteiger partial charge in [0.2, 0.25) is 0 Å². The minimum absolute atomic E-state index is 0.139. The van der Waals surface area contributed by atoms with Crippen molar-refractivity contribution in [1.29, 1.82) is 0 Å². The maximum absolute atomic E-state index is 12.6. The largest absolute Gasteiger partial charge is 0.457 e. The molecule has 0 unspecified atom stereocenters. The van der Waals surface area contributed by atoms with Crippen LogP contribution >= 0.6 is 0 Å². The summed E-state index contributed by atoms with van der Waals surface area (Å²) in [5, 5.41) is 5.35. The third-order valence-corrected chi connectivity index (χ3v) is 4.06. The van der Waals surface area contributed by atoms with Gasteiger partial charge in [0.05, 0.1) is 17.7 Å². The molecule has 3 aromatic rings. The van der Waals surface area contributed by atoms with Gasteiger partial charge in [0.25, 0.3) is 11.8 Å². The Morgan fingerprint density at radius 2 is 1.48 bits per heavy atom. The minimum atomic E-state index is -0.287. The topological polar surface area (TPSA) is 67.4 Å². The van der Waals surface area contributed by atoms with Crippen LogP contribution in [0.1, 0.15) is 26.3 Å². The number of amides is 2. The Labute approximate surface area is 169 Å². The minimum Gasteiger partial charge on any atom is -0.457 e. The summed E-state index contributed by atoms with van der Waals surface area (Å²) in [6.45, 7) is 0.139. The molecule has 0 heterocycles. The van der Waals surface area contributed by atoms with E-state index in [1.807, 2.05) is 42.5 Å². The Bertz CT molecular complexity index is 1070. The van der Waals surface area contributed by atoms with Crippen LogP contribution in [0.5, 0.6) is 11.5 Å². The van der Waals surface area contributed by atoms with Crippen molar-refractivity contribution in [2.45, 2.75) is 0 Å². The Morgan fingerprint density at radius 1 is 0.828 bits per heavy atom. The quantitative estimate of drug-likeness (QED) is 0.660. The first-order valence-electron chi connectivity index (χ1n) is 9.09. The molecule has 5 heteroatoms. The molecule has 0 radical (unpaired) electrons. The number of carbonyl (C=O) groups is 2. The molecule has 0 atom stereocenters. The van der Waals surface area contributed by atoms with Crippen molar-refractivity contribution in [2.24, 2.45) is 0 Å². The van der Waals surface area contributed by atoms with Crippen molar-refractivity contribution in [1.82, 2.24) is 10.6 Å². The van der Waals surface area contributed by atoms with Gasteiger partial charge >= 0.3 is 0 Å². The fourth-order valence-electron chi connectivity index (χ4n) is 2.64. The smallest absolute Gasteiger partial charge is 0.255 e. The predicted octanol–water partition coefficient (Wildman–Crippen LogP) is 3.62. The summed E-state index contributed by atoms with van der Waals surface area (Å²) in [6.07, 6.45) is 0. The molecule has 2 amide bonds. The van der Waals surface area contributed by atoms with E-state index in [0.717, 1.165) is 0 Å². The summed E-state index contributed by atoms with van der Waals surface area (Å²) >= 11 is 0. The first-order valence-corrected chi connectivity index (χ1v) is 9.09. The summed E-state index contributed by atoms with van der Waals surface area (Å²) in [4.78, 5) is 24.5. The van der Waals surface area contributed by atoms with E-state index in [1.165, 1.54) is 0 Å². The number of carbonyl (C=O) groups excluding carboxylic acids is 2. The van der Waals surface area contributed by atoms with Crippen LogP contribution in [-0.4, -0.2) is 25.4 Å². The van der Waals surface area contributed by atoms with Gasteiger partial charge in [-0.05, 0) is 36.4 Å². The van der Waals surface area contributed by atoms with E-state index < -0.39 is 0 Å². The Kier molecular flexibility index (Phi) is 6.64. The fourth-order valence-corrected chi connectivity index (χ4v) is 2.64. The highest BCUT2D eigenvalue weighted by Crippen LogP contribution is 2.24. The molecular formula is C24H20N2O3. The molecule has 0 saturated carbocycles. The number of hydrogen-bond donors (Lipinski definition) is 2. The zero-order valence-electron chi connectivity index (χ0n) is 15.9. The summed E-state index contributed by atoms with van der Waals surface area (Å²) < 4.78 is 5.82. The maximum atomic E-state index is 12.6. The van der Waals surface area contributed by atoms with Gasteiger partial charge in [-0.1, -0.05) is 54.3 Å². The van der Waals surface area contributed by atoms with Crippen molar-refractivity contribution in [3.8, 4) is 23.3 Å². The van der Waals surface area contributed by atoms with E-state index in [-0.39, 0.29) is 18.4 Å². The van der Waals surface area contributed by atoms with Gasteiger partial charge < -0.3 is 15.4 Å². The van der Waals surface area contributed by atoms with Gasteiger partial charge in [0.1, 0.15) is 11.5 Å². The first-order chi connectivity index (χ1) is 14.2. The lowest BCUT2D eigenvalue weighted by Gasteiger charge is -2.10. The number of hydrogen-bond acceptors (Lipinski definition) is 3. The van der Waals surface area contributed by atoms with E-state index in [1.54, 1.807) is 43.4 Å². The highest BCUT2D eigenvalue weighted by atomic mass is 16.5. The van der Waals surface area contributed by atoms with Crippen LogP contribution in [0, 0.1) is 11.8 Å². The van der Waals surface area contributed by atoms with Crippen LogP contribution in [0.2, 0.25) is 0 Å². The first kappa shape index (κ1) is 19.7. The molecular weight excluding hydrogens is 364 g/mol. The van der Waals surface area contributed by atoms with Crippen LogP contribution in [0.3, 0.4) is 0 Å². The maximum Gasteiger partial charge on any atom is 0.255 e. The molecule has 144 valence electrons. The molecule has 0 aliphatic carbocycles. The number of nitrogens with one attached hydrogen (secondary N) is 2. The monoisotopic (exact) mass is 384 g/mol. The van der Waals surface area contributed by atoms with Crippen LogP contribution in [-0.2, 0) is 0 Å². The van der Waals surface area contributed by atoms with E-state index in [2.05, 4.69) is 22.5 Å². The van der Waals surface area contributed by atoms with E-state index in [4.69, 9.17) is 4.74 Å². The van der Waals surface area contributed by atoms with Crippen LogP contribution < -0.4 is 15.4 Å². The van der Waals surface area contributed by atoms with Gasteiger partial charge in [0, 0.05) is 12.6 Å². The molecule has 29 heavy (non-hydrogen) atoms. The van der Waals surface area contributed by atoms with Gasteiger partial charge in [-0.2, -0.15) is 0 Å². The molecule has 0 bridgehead atoms. The SMILES string of the molecule is CNC(=O)c1ccccc1C#CCNC(=O)c1ccccc1Oc1ccccc1. The average molecular weight is 384 g/mol. The standard InChI is InChI=1S/C24H20N2O3/c1-25-23(27)20-14-6-5-10-18(20)11-9-17-26-24(28)21-15-7-8-16-22(21)29-19-12-3-2-4-13-19/h2-8,10,12-16H,17H2,1H3,(H,25,27)(H,26,28). The summed E-state index contributed by atoms with van der Waals surface area (Å²) in [5.74, 6) is 6.45. The van der Waals surface area contributed by atoms with Gasteiger partial charge in [-0.3, -0.25) is 9.59 Å². The molecule has 0 saturated heterocycles. The van der Waals surface area contributed by atoms with Crippen LogP contribution in [0.15, 0.2) is 78.9 Å². The van der Waals surface area contributed by atoms with Crippen LogP contribution in [0.4, 0.5) is 0 Å². The summed E-state index contributed by atoms with van der Waals surface area (Å²) in [7, 11) is 1.57. The molecule has 0 aromatic heterocycles. The second-order valence-electron chi connectivity index (χ2n) is 6.02. The van der Waals surface area contributed by atoms with E-state index in [9.17, 15) is 9.59 Å². The second kappa shape index (κ2) is 9.77. The Hall–Kier alpha value is -4.04. The Balaban J connectivity index is 1.68. The predicted molar refractivity (Wildman–Crippen MR) is 112 cm³/mol. The lowest BCUT2D eigenvalue weighted by atomic mass is 10.1. The van der Waals surface area contributed by atoms with Gasteiger partial charge in [0.15, 0.2) is 0 Å². The number of rotatable bonds is 5. The molecule has 3 aromatic carbocycles. The summed E-state index contributed by atoms with van der Waals surface area (Å²) in [6, 6.07) is 23.4. The highest BCUT2D eigenvalue weighted by molar-refractivity contribution is 5.97. The van der Waals surface area contributed by atoms with Gasteiger partial charge in [-0.15, -0.1) is 0 Å². The second-order valence-corrected chi connectivity index (χ2v) is 6.02. The Morgan fingerprint density at radius 3 is 2.24 bits per heavy atom. The van der Waals surface area contributed by atoms with Crippen molar-refractivity contribution in [3.63, 3.8) is 0 Å². The number of para-hydroxylation sites is 2. The molecule has 5 nitrogen and oxygen atoms in total. The van der Waals surface area contributed by atoms with E-state index in [0.29, 0.717) is 28.2 Å². The molecule has 0 aliphatic rings. The van der Waals surface area contributed by atoms with E-state index >= 15 is 0 Å². The molecule has 2 N–H and O–H groups in total. The molecule has 0 fully saturated rings. The zero-order chi connectivity index (χ0) is 20.5. The van der Waals surface area contributed by atoms with Crippen molar-refractivity contribution in [3.05, 3.63) is 95.6 Å². The summed E-state index contributed by atoms with van der Waals surface area (Å²) in [5.41, 5.74) is 1.52. The van der Waals surface area contributed by atoms with Crippen LogP contribution in [0.25, 0.3) is 0 Å². The molecule has 0 aliphatic heterocycles. The highest BCUT2D eigenvalue weighted by Gasteiger charge is 2.12. The van der Waals surface area contributed by atoms with Crippen molar-refractivity contribution < 1.29 is 14.3 Å². The third kappa shape index (κ3) is 5.24. The zero-order valence-corrected chi connectivity index (χ0v) is 15.9. The third-order valence-electron chi connectivity index (χ3n) is 4.06. The number of benzene rings is 3. The van der Waals surface area contributed by atoms with Gasteiger partial charge in [-0.25, -0.2) is 0 Å². The molecule has 0 spiro atoms. The molecule has 3 rings (SSSR count). The average Bonchev–Trinajstić information content (AvgIpc) is 2.77. The van der Waals surface area contributed by atoms with Crippen molar-refractivity contribution in [2.75, 3.05) is 13.6 Å². The lowest BCUT2D eigenvalue weighted by Crippen LogP contribution is -2.24. The van der Waals surface area contributed by atoms with Crippen molar-refractivity contribution >= 4 is 11.8 Å².